The number of benzene rings is 1. The Balaban J connectivity index is 1.00. The molecule has 2 aromatic rings. The van der Waals surface area contributed by atoms with Crippen LogP contribution in [0.25, 0.3) is 10.9 Å². The first-order valence-corrected chi connectivity index (χ1v) is 13.7. The van der Waals surface area contributed by atoms with Gasteiger partial charge >= 0.3 is 0 Å². The van der Waals surface area contributed by atoms with E-state index in [1.807, 2.05) is 6.92 Å². The summed E-state index contributed by atoms with van der Waals surface area (Å²) < 4.78 is 47.4. The number of hydrogen-bond acceptors (Lipinski definition) is 6. The van der Waals surface area contributed by atoms with E-state index in [2.05, 4.69) is 10.3 Å². The van der Waals surface area contributed by atoms with Crippen LogP contribution in [0.2, 0.25) is 0 Å². The van der Waals surface area contributed by atoms with Gasteiger partial charge in [-0.2, -0.15) is 8.42 Å². The summed E-state index contributed by atoms with van der Waals surface area (Å²) in [6, 6.07) is 6.31. The lowest BCUT2D eigenvalue weighted by Gasteiger charge is -2.70. The highest BCUT2D eigenvalue weighted by Crippen LogP contribution is 2.68. The van der Waals surface area contributed by atoms with E-state index < -0.39 is 10.1 Å². The number of ether oxygens (including phenoxy) is 1. The van der Waals surface area contributed by atoms with Gasteiger partial charge in [-0.15, -0.1) is 0 Å². The average Bonchev–Trinajstić information content (AvgIpc) is 3.22. The van der Waals surface area contributed by atoms with Crippen LogP contribution in [0, 0.1) is 34.9 Å². The zero-order valence-corrected chi connectivity index (χ0v) is 20.1. The van der Waals surface area contributed by atoms with Crippen molar-refractivity contribution in [1.29, 1.82) is 0 Å². The predicted octanol–water partition coefficient (Wildman–Crippen LogP) is 3.43. The third kappa shape index (κ3) is 3.77. The molecule has 5 atom stereocenters. The van der Waals surface area contributed by atoms with Gasteiger partial charge in [0, 0.05) is 28.5 Å². The molecule has 0 spiro atoms. The number of carbonyl (C=O) groups excluding carboxylic acids is 1. The highest BCUT2D eigenvalue weighted by molar-refractivity contribution is 7.85. The second-order valence-corrected chi connectivity index (χ2v) is 12.8. The topological polar surface area (TPSA) is 94.6 Å². The largest absolute Gasteiger partial charge is 0.490 e. The minimum absolute atomic E-state index is 0.0518. The fraction of sp³-hybridized carbons (Fsp3) is 0.600. The van der Waals surface area contributed by atoms with Gasteiger partial charge in [-0.25, -0.2) is 4.39 Å². The van der Waals surface area contributed by atoms with Crippen LogP contribution in [-0.4, -0.2) is 43.8 Å². The molecular formula is C25H29FN2O5S. The van der Waals surface area contributed by atoms with Crippen LogP contribution in [0.4, 0.5) is 4.39 Å². The molecule has 5 saturated carbocycles. The number of carbonyl (C=O) groups is 1. The Hall–Kier alpha value is -2.26. The molecule has 1 heterocycles. The molecule has 0 radical (unpaired) electrons. The molecule has 7 rings (SSSR count). The van der Waals surface area contributed by atoms with Gasteiger partial charge in [0.05, 0.1) is 24.5 Å². The number of rotatable bonds is 8. The number of pyridine rings is 1. The SMILES string of the molecule is CC(C(=O)NC12CC(COS(C)(=O)=O)(C1)C2)[C@H]1[C@@H]2C[C@@H](Oc3ccnc4ccc(F)cc34)C[C@@H]21. The number of amides is 1. The third-order valence-electron chi connectivity index (χ3n) is 8.52. The molecule has 5 aliphatic carbocycles. The molecule has 34 heavy (non-hydrogen) atoms. The van der Waals surface area contributed by atoms with Gasteiger partial charge < -0.3 is 10.1 Å². The second-order valence-electron chi connectivity index (χ2n) is 11.1. The lowest BCUT2D eigenvalue weighted by Crippen LogP contribution is -2.76. The van der Waals surface area contributed by atoms with Crippen molar-refractivity contribution >= 4 is 26.9 Å². The number of hydrogen-bond donors (Lipinski definition) is 1. The second kappa shape index (κ2) is 7.37. The van der Waals surface area contributed by atoms with Crippen molar-refractivity contribution in [3.63, 3.8) is 0 Å². The molecule has 1 unspecified atom stereocenters. The maximum absolute atomic E-state index is 13.7. The molecule has 182 valence electrons. The number of halogens is 1. The van der Waals surface area contributed by atoms with Crippen molar-refractivity contribution in [2.45, 2.75) is 50.7 Å². The molecule has 7 nitrogen and oxygen atoms in total. The molecule has 1 N–H and O–H groups in total. The molecule has 1 amide bonds. The quantitative estimate of drug-likeness (QED) is 0.572. The lowest BCUT2D eigenvalue weighted by molar-refractivity contribution is -0.180. The molecule has 0 aliphatic heterocycles. The summed E-state index contributed by atoms with van der Waals surface area (Å²) in [6.45, 7) is 2.23. The first kappa shape index (κ1) is 22.2. The zero-order chi connectivity index (χ0) is 23.9. The minimum atomic E-state index is -3.43. The highest BCUT2D eigenvalue weighted by atomic mass is 32.2. The molecule has 2 bridgehead atoms. The Morgan fingerprint density at radius 1 is 1.24 bits per heavy atom. The molecule has 9 heteroatoms. The molecule has 1 aromatic carbocycles. The Kier molecular flexibility index (Phi) is 4.82. The van der Waals surface area contributed by atoms with E-state index in [4.69, 9.17) is 8.92 Å². The monoisotopic (exact) mass is 488 g/mol. The maximum Gasteiger partial charge on any atom is 0.264 e. The van der Waals surface area contributed by atoms with E-state index in [1.165, 1.54) is 12.1 Å². The third-order valence-corrected chi connectivity index (χ3v) is 9.07. The number of fused-ring (bicyclic) bond motifs is 2. The number of aromatic nitrogens is 1. The summed E-state index contributed by atoms with van der Waals surface area (Å²) in [5.41, 5.74) is 0.461. The summed E-state index contributed by atoms with van der Waals surface area (Å²) in [5, 5.41) is 3.94. The van der Waals surface area contributed by atoms with Crippen molar-refractivity contribution in [2.24, 2.45) is 29.1 Å². The Morgan fingerprint density at radius 2 is 1.94 bits per heavy atom. The summed E-state index contributed by atoms with van der Waals surface area (Å²) in [4.78, 5) is 17.2. The Bertz CT molecular complexity index is 1250. The van der Waals surface area contributed by atoms with Crippen molar-refractivity contribution in [3.05, 3.63) is 36.3 Å². The molecular weight excluding hydrogens is 459 g/mol. The van der Waals surface area contributed by atoms with Gasteiger partial charge in [-0.05, 0) is 74.1 Å². The van der Waals surface area contributed by atoms with Gasteiger partial charge in [0.25, 0.3) is 10.1 Å². The smallest absolute Gasteiger partial charge is 0.264 e. The summed E-state index contributed by atoms with van der Waals surface area (Å²) in [5.74, 6) is 1.75. The lowest BCUT2D eigenvalue weighted by atomic mass is 9.39. The van der Waals surface area contributed by atoms with E-state index in [0.717, 1.165) is 38.4 Å². The number of nitrogens with one attached hydrogen (secondary N) is 1. The summed E-state index contributed by atoms with van der Waals surface area (Å²) in [6.07, 6.45) is 7.02. The molecule has 1 aromatic heterocycles. The number of nitrogens with zero attached hydrogens (tertiary/aromatic N) is 1. The van der Waals surface area contributed by atoms with Crippen LogP contribution >= 0.6 is 0 Å². The summed E-state index contributed by atoms with van der Waals surface area (Å²) >= 11 is 0. The van der Waals surface area contributed by atoms with Gasteiger partial charge in [-0.3, -0.25) is 14.0 Å². The fourth-order valence-corrected chi connectivity index (χ4v) is 7.59. The Labute approximate surface area is 198 Å². The zero-order valence-electron chi connectivity index (χ0n) is 19.3. The van der Waals surface area contributed by atoms with Crippen LogP contribution in [0.1, 0.15) is 39.0 Å². The van der Waals surface area contributed by atoms with Crippen LogP contribution < -0.4 is 10.1 Å². The van der Waals surface area contributed by atoms with Gasteiger partial charge in [0.1, 0.15) is 11.6 Å². The minimum Gasteiger partial charge on any atom is -0.490 e. The van der Waals surface area contributed by atoms with Gasteiger partial charge in [0.2, 0.25) is 5.91 Å². The van der Waals surface area contributed by atoms with Gasteiger partial charge in [0.15, 0.2) is 0 Å². The predicted molar refractivity (Wildman–Crippen MR) is 123 cm³/mol. The van der Waals surface area contributed by atoms with Crippen molar-refractivity contribution < 1.29 is 26.5 Å². The first-order chi connectivity index (χ1) is 16.1. The average molecular weight is 489 g/mol. The van der Waals surface area contributed by atoms with E-state index in [0.29, 0.717) is 34.4 Å². The fourth-order valence-electron chi connectivity index (χ4n) is 7.12. The Morgan fingerprint density at radius 3 is 2.62 bits per heavy atom. The van der Waals surface area contributed by atoms with Crippen LogP contribution in [0.5, 0.6) is 5.75 Å². The first-order valence-electron chi connectivity index (χ1n) is 11.9. The maximum atomic E-state index is 13.7. The van der Waals surface area contributed by atoms with Crippen LogP contribution in [0.3, 0.4) is 0 Å². The van der Waals surface area contributed by atoms with Crippen LogP contribution in [0.15, 0.2) is 30.5 Å². The van der Waals surface area contributed by atoms with E-state index in [-0.39, 0.29) is 41.3 Å². The highest BCUT2D eigenvalue weighted by Gasteiger charge is 2.69. The van der Waals surface area contributed by atoms with E-state index in [9.17, 15) is 17.6 Å². The molecule has 5 fully saturated rings. The summed E-state index contributed by atoms with van der Waals surface area (Å²) in [7, 11) is -3.43. The standard InChI is InChI=1S/C25H29FN2O5S/c1-14(23(29)28-25-10-24(11-25,12-25)13-32-34(2,30)31)22-17-8-16(9-18(17)22)33-21-5-6-27-20-4-3-15(26)7-19(20)21/h3-7,14,16-18,22H,8-13H2,1-2H3,(H,28,29)/t14?,16-,17-,18+,22+,24?,25?. The van der Waals surface area contributed by atoms with Crippen molar-refractivity contribution in [3.8, 4) is 5.75 Å². The van der Waals surface area contributed by atoms with Gasteiger partial charge in [-0.1, -0.05) is 6.92 Å². The normalized spacial score (nSPS) is 36.2. The van der Waals surface area contributed by atoms with Crippen LogP contribution in [-0.2, 0) is 19.1 Å². The van der Waals surface area contributed by atoms with Crippen molar-refractivity contribution in [1.82, 2.24) is 10.3 Å². The van der Waals surface area contributed by atoms with E-state index in [1.54, 1.807) is 18.3 Å². The molecule has 0 saturated heterocycles. The molecule has 5 aliphatic rings. The van der Waals surface area contributed by atoms with E-state index >= 15 is 0 Å². The van der Waals surface area contributed by atoms with Crippen molar-refractivity contribution in [2.75, 3.05) is 12.9 Å².